The molecule has 0 aromatic heterocycles. The van der Waals surface area contributed by atoms with Crippen LogP contribution in [0, 0.1) is 5.92 Å². The van der Waals surface area contributed by atoms with Crippen molar-refractivity contribution >= 4 is 8.07 Å². The van der Waals surface area contributed by atoms with Crippen molar-refractivity contribution < 1.29 is 0 Å². The summed E-state index contributed by atoms with van der Waals surface area (Å²) in [5, 5.41) is 0. The minimum Gasteiger partial charge on any atom is -0.0691 e. The van der Waals surface area contributed by atoms with Gasteiger partial charge < -0.3 is 0 Å². The van der Waals surface area contributed by atoms with Gasteiger partial charge in [-0.15, -0.1) is 0 Å². The molecule has 0 bridgehead atoms. The van der Waals surface area contributed by atoms with Gasteiger partial charge in [0.25, 0.3) is 0 Å². The number of hydrogen-bond acceptors (Lipinski definition) is 0. The molecule has 1 rings (SSSR count). The Morgan fingerprint density at radius 2 is 1.89 bits per heavy atom. The Morgan fingerprint density at radius 1 is 1.33 bits per heavy atom. The molecule has 0 aromatic rings. The zero-order valence-electron chi connectivity index (χ0n) is 7.07. The Balaban J connectivity index is 2.45. The van der Waals surface area contributed by atoms with Gasteiger partial charge in [0.2, 0.25) is 0 Å². The van der Waals surface area contributed by atoms with Gasteiger partial charge in [-0.25, -0.2) is 0 Å². The molecule has 1 aliphatic rings. The lowest BCUT2D eigenvalue weighted by Crippen LogP contribution is -2.44. The van der Waals surface area contributed by atoms with Gasteiger partial charge in [0.15, 0.2) is 0 Å². The molecule has 0 radical (unpaired) electrons. The standard InChI is InChI=1S/C8H18Si/c1-7(2)8-5-6-9(8,3)4/h7-8H,5-6H2,1-4H3. The third-order valence-corrected chi connectivity index (χ3v) is 7.45. The zero-order chi connectivity index (χ0) is 7.07. The van der Waals surface area contributed by atoms with Gasteiger partial charge in [0.05, 0.1) is 8.07 Å². The summed E-state index contributed by atoms with van der Waals surface area (Å²) in [4.78, 5) is 0. The van der Waals surface area contributed by atoms with Crippen LogP contribution in [0.4, 0.5) is 0 Å². The number of hydrogen-bond donors (Lipinski definition) is 0. The molecular weight excluding hydrogens is 124 g/mol. The molecule has 0 aliphatic carbocycles. The van der Waals surface area contributed by atoms with E-state index in [0.717, 1.165) is 11.5 Å². The molecule has 0 aromatic carbocycles. The Labute approximate surface area is 59.7 Å². The van der Waals surface area contributed by atoms with E-state index in [2.05, 4.69) is 26.9 Å². The van der Waals surface area contributed by atoms with Crippen LogP contribution in [0.15, 0.2) is 0 Å². The maximum Gasteiger partial charge on any atom is 0.0507 e. The van der Waals surface area contributed by atoms with Crippen LogP contribution >= 0.6 is 0 Å². The number of rotatable bonds is 1. The van der Waals surface area contributed by atoms with Gasteiger partial charge in [-0.2, -0.15) is 0 Å². The van der Waals surface area contributed by atoms with Gasteiger partial charge in [-0.05, 0) is 11.5 Å². The molecule has 0 spiro atoms. The summed E-state index contributed by atoms with van der Waals surface area (Å²) in [7, 11) is -0.643. The summed E-state index contributed by atoms with van der Waals surface area (Å²) in [6.45, 7) is 9.81. The van der Waals surface area contributed by atoms with E-state index in [1.807, 2.05) is 0 Å². The first-order chi connectivity index (χ1) is 4.04. The maximum absolute atomic E-state index is 2.53. The van der Waals surface area contributed by atoms with Crippen molar-refractivity contribution in [3.8, 4) is 0 Å². The van der Waals surface area contributed by atoms with E-state index in [1.54, 1.807) is 6.04 Å². The molecule has 1 saturated heterocycles. The lowest BCUT2D eigenvalue weighted by atomic mass is 10.1. The van der Waals surface area contributed by atoms with Crippen LogP contribution in [0.2, 0.25) is 24.7 Å². The molecular formula is C8H18Si. The molecule has 0 saturated carbocycles. The summed E-state index contributed by atoms with van der Waals surface area (Å²) in [5.41, 5.74) is 1.14. The Bertz CT molecular complexity index is 105. The molecule has 1 fully saturated rings. The summed E-state index contributed by atoms with van der Waals surface area (Å²) in [6.07, 6.45) is 1.52. The van der Waals surface area contributed by atoms with Crippen molar-refractivity contribution in [2.45, 2.75) is 44.9 Å². The highest BCUT2D eigenvalue weighted by atomic mass is 28.3. The lowest BCUT2D eigenvalue weighted by Gasteiger charge is -2.45. The second kappa shape index (κ2) is 2.12. The van der Waals surface area contributed by atoms with Gasteiger partial charge in [-0.1, -0.05) is 39.4 Å². The molecule has 9 heavy (non-hydrogen) atoms. The first-order valence-corrected chi connectivity index (χ1v) is 7.32. The second-order valence-corrected chi connectivity index (χ2v) is 9.60. The van der Waals surface area contributed by atoms with Crippen LogP contribution in [0.3, 0.4) is 0 Å². The molecule has 1 atom stereocenters. The quantitative estimate of drug-likeness (QED) is 0.493. The summed E-state index contributed by atoms with van der Waals surface area (Å²) >= 11 is 0. The zero-order valence-corrected chi connectivity index (χ0v) is 8.07. The van der Waals surface area contributed by atoms with Crippen molar-refractivity contribution in [2.24, 2.45) is 5.92 Å². The maximum atomic E-state index is 2.53. The fourth-order valence-electron chi connectivity index (χ4n) is 2.12. The first-order valence-electron chi connectivity index (χ1n) is 4.04. The molecule has 54 valence electrons. The first kappa shape index (κ1) is 7.33. The average molecular weight is 142 g/mol. The smallest absolute Gasteiger partial charge is 0.0507 e. The Hall–Kier alpha value is 0.217. The second-order valence-electron chi connectivity index (χ2n) is 4.38. The Kier molecular flexibility index (Phi) is 1.72. The fourth-order valence-corrected chi connectivity index (χ4v) is 5.71. The molecule has 1 unspecified atom stereocenters. The Morgan fingerprint density at radius 3 is 1.89 bits per heavy atom. The molecule has 1 heteroatoms. The van der Waals surface area contributed by atoms with Crippen LogP contribution in [0.5, 0.6) is 0 Å². The minimum absolute atomic E-state index is 0.643. The van der Waals surface area contributed by atoms with E-state index in [-0.39, 0.29) is 0 Å². The van der Waals surface area contributed by atoms with E-state index < -0.39 is 8.07 Å². The van der Waals surface area contributed by atoms with Crippen molar-refractivity contribution in [3.05, 3.63) is 0 Å². The van der Waals surface area contributed by atoms with Crippen LogP contribution < -0.4 is 0 Å². The van der Waals surface area contributed by atoms with Gasteiger partial charge in [0.1, 0.15) is 0 Å². The van der Waals surface area contributed by atoms with Gasteiger partial charge >= 0.3 is 0 Å². The van der Waals surface area contributed by atoms with E-state index in [9.17, 15) is 0 Å². The monoisotopic (exact) mass is 142 g/mol. The fraction of sp³-hybridized carbons (Fsp3) is 1.00. The highest BCUT2D eigenvalue weighted by Crippen LogP contribution is 2.47. The van der Waals surface area contributed by atoms with Crippen molar-refractivity contribution in [1.29, 1.82) is 0 Å². The topological polar surface area (TPSA) is 0 Å². The van der Waals surface area contributed by atoms with Crippen LogP contribution in [-0.4, -0.2) is 8.07 Å². The highest BCUT2D eigenvalue weighted by Gasteiger charge is 2.41. The molecule has 0 N–H and O–H groups in total. The van der Waals surface area contributed by atoms with Crippen LogP contribution in [-0.2, 0) is 0 Å². The SMILES string of the molecule is CC(C)C1CC[Si]1(C)C. The largest absolute Gasteiger partial charge is 0.0691 e. The third-order valence-electron chi connectivity index (χ3n) is 2.91. The van der Waals surface area contributed by atoms with Crippen molar-refractivity contribution in [1.82, 2.24) is 0 Å². The predicted molar refractivity (Wildman–Crippen MR) is 45.5 cm³/mol. The normalized spacial score (nSPS) is 32.3. The summed E-state index contributed by atoms with van der Waals surface area (Å²) in [5.74, 6) is 0.959. The van der Waals surface area contributed by atoms with Crippen molar-refractivity contribution in [3.63, 3.8) is 0 Å². The van der Waals surface area contributed by atoms with E-state index >= 15 is 0 Å². The average Bonchev–Trinajstić information content (AvgIpc) is 1.62. The highest BCUT2D eigenvalue weighted by molar-refractivity contribution is 6.81. The van der Waals surface area contributed by atoms with Crippen LogP contribution in [0.25, 0.3) is 0 Å². The van der Waals surface area contributed by atoms with Gasteiger partial charge in [0, 0.05) is 0 Å². The predicted octanol–water partition coefficient (Wildman–Crippen LogP) is 3.12. The van der Waals surface area contributed by atoms with E-state index in [0.29, 0.717) is 0 Å². The van der Waals surface area contributed by atoms with Crippen molar-refractivity contribution in [2.75, 3.05) is 0 Å². The molecule has 1 aliphatic heterocycles. The minimum atomic E-state index is -0.643. The molecule has 0 nitrogen and oxygen atoms in total. The van der Waals surface area contributed by atoms with E-state index in [1.165, 1.54) is 6.42 Å². The summed E-state index contributed by atoms with van der Waals surface area (Å²) < 4.78 is 0. The molecule has 1 heterocycles. The molecule has 0 amide bonds. The van der Waals surface area contributed by atoms with Gasteiger partial charge in [-0.3, -0.25) is 0 Å². The lowest BCUT2D eigenvalue weighted by molar-refractivity contribution is 0.509. The van der Waals surface area contributed by atoms with E-state index in [4.69, 9.17) is 0 Å². The van der Waals surface area contributed by atoms with Crippen LogP contribution in [0.1, 0.15) is 20.3 Å². The summed E-state index contributed by atoms with van der Waals surface area (Å²) in [6, 6.07) is 1.58. The third kappa shape index (κ3) is 1.21.